The molecule has 1 rings (SSSR count). The van der Waals surface area contributed by atoms with Crippen LogP contribution in [0.25, 0.3) is 0 Å². The van der Waals surface area contributed by atoms with Crippen molar-refractivity contribution in [3.63, 3.8) is 0 Å². The molecule has 0 heterocycles. The van der Waals surface area contributed by atoms with Crippen molar-refractivity contribution in [1.29, 1.82) is 0 Å². The number of nitrogens with two attached hydrogens (primary N) is 1. The Morgan fingerprint density at radius 1 is 1.47 bits per heavy atom. The second-order valence-corrected chi connectivity index (χ2v) is 4.37. The first-order valence-electron chi connectivity index (χ1n) is 3.92. The lowest BCUT2D eigenvalue weighted by atomic mass is 10.2. The Balaban J connectivity index is 2.85. The van der Waals surface area contributed by atoms with Crippen LogP contribution < -0.4 is 9.88 Å². The summed E-state index contributed by atoms with van der Waals surface area (Å²) in [4.78, 5) is 0. The van der Waals surface area contributed by atoms with E-state index in [9.17, 15) is 8.42 Å². The lowest BCUT2D eigenvalue weighted by Crippen LogP contribution is -2.15. The van der Waals surface area contributed by atoms with E-state index < -0.39 is 10.3 Å². The largest absolute Gasteiger partial charge is 0.496 e. The summed E-state index contributed by atoms with van der Waals surface area (Å²) in [6, 6.07) is 4.77. The van der Waals surface area contributed by atoms with Gasteiger partial charge in [0.15, 0.2) is 0 Å². The summed E-state index contributed by atoms with van der Waals surface area (Å²) in [5.41, 5.74) is 0.552. The zero-order valence-corrected chi connectivity index (χ0v) is 9.51. The quantitative estimate of drug-likeness (QED) is 0.868. The van der Waals surface area contributed by atoms with Gasteiger partial charge in [0, 0.05) is 10.6 Å². The number of methoxy groups -OCH3 is 1. The van der Waals surface area contributed by atoms with Crippen LogP contribution in [-0.2, 0) is 21.1 Å². The number of hydrogen-bond donors (Lipinski definition) is 1. The highest BCUT2D eigenvalue weighted by Crippen LogP contribution is 2.23. The van der Waals surface area contributed by atoms with E-state index in [1.807, 2.05) is 0 Å². The highest BCUT2D eigenvalue weighted by atomic mass is 35.5. The molecule has 0 saturated heterocycles. The fraction of sp³-hybridized carbons (Fsp3) is 0.250. The van der Waals surface area contributed by atoms with Gasteiger partial charge in [-0.15, -0.1) is 0 Å². The molecule has 84 valence electrons. The van der Waals surface area contributed by atoms with Crippen LogP contribution >= 0.6 is 11.6 Å². The Labute approximate surface area is 93.0 Å². The number of rotatable bonds is 4. The molecule has 5 nitrogen and oxygen atoms in total. The third-order valence-corrected chi connectivity index (χ3v) is 2.31. The summed E-state index contributed by atoms with van der Waals surface area (Å²) < 4.78 is 30.5. The van der Waals surface area contributed by atoms with Crippen molar-refractivity contribution in [1.82, 2.24) is 0 Å². The molecule has 0 bridgehead atoms. The van der Waals surface area contributed by atoms with Gasteiger partial charge in [-0.05, 0) is 12.1 Å². The molecule has 0 spiro atoms. The lowest BCUT2D eigenvalue weighted by molar-refractivity contribution is 0.300. The second-order valence-electron chi connectivity index (χ2n) is 2.71. The maximum Gasteiger partial charge on any atom is 0.333 e. The van der Waals surface area contributed by atoms with Crippen LogP contribution in [0.5, 0.6) is 5.75 Å². The molecule has 0 fully saturated rings. The van der Waals surface area contributed by atoms with E-state index in [1.165, 1.54) is 7.11 Å². The van der Waals surface area contributed by atoms with Crippen LogP contribution in [-0.4, -0.2) is 15.5 Å². The summed E-state index contributed by atoms with van der Waals surface area (Å²) in [6.45, 7) is -0.181. The summed E-state index contributed by atoms with van der Waals surface area (Å²) in [5, 5.41) is 5.18. The van der Waals surface area contributed by atoms with E-state index in [0.717, 1.165) is 0 Å². The minimum atomic E-state index is -3.95. The molecule has 0 saturated carbocycles. The number of benzene rings is 1. The molecule has 0 amide bonds. The van der Waals surface area contributed by atoms with Crippen LogP contribution in [0.3, 0.4) is 0 Å². The van der Waals surface area contributed by atoms with Crippen molar-refractivity contribution in [3.05, 3.63) is 28.8 Å². The fourth-order valence-electron chi connectivity index (χ4n) is 0.983. The van der Waals surface area contributed by atoms with Crippen molar-refractivity contribution in [3.8, 4) is 5.75 Å². The highest BCUT2D eigenvalue weighted by molar-refractivity contribution is 7.84. The molecule has 0 atom stereocenters. The normalized spacial score (nSPS) is 11.4. The van der Waals surface area contributed by atoms with E-state index >= 15 is 0 Å². The Kier molecular flexibility index (Phi) is 3.92. The van der Waals surface area contributed by atoms with Crippen LogP contribution in [0.4, 0.5) is 0 Å². The van der Waals surface area contributed by atoms with Gasteiger partial charge in [-0.3, -0.25) is 4.18 Å². The smallest absolute Gasteiger partial charge is 0.333 e. The van der Waals surface area contributed by atoms with Gasteiger partial charge in [0.05, 0.1) is 13.7 Å². The SMILES string of the molecule is COc1cc(Cl)ccc1COS(N)(=O)=O. The Hall–Kier alpha value is -0.820. The van der Waals surface area contributed by atoms with Gasteiger partial charge in [0.2, 0.25) is 0 Å². The molecule has 0 radical (unpaired) electrons. The Bertz CT molecular complexity index is 446. The fourth-order valence-corrected chi connectivity index (χ4v) is 1.44. The molecular formula is C8H10ClNO4S. The van der Waals surface area contributed by atoms with Gasteiger partial charge in [0.25, 0.3) is 0 Å². The summed E-state index contributed by atoms with van der Waals surface area (Å²) in [6.07, 6.45) is 0. The van der Waals surface area contributed by atoms with Crippen molar-refractivity contribution < 1.29 is 17.3 Å². The maximum absolute atomic E-state index is 10.6. The highest BCUT2D eigenvalue weighted by Gasteiger charge is 2.08. The summed E-state index contributed by atoms with van der Waals surface area (Å²) in [5.74, 6) is 0.450. The summed E-state index contributed by atoms with van der Waals surface area (Å²) in [7, 11) is -2.50. The zero-order chi connectivity index (χ0) is 11.5. The van der Waals surface area contributed by atoms with Crippen molar-refractivity contribution in [2.45, 2.75) is 6.61 Å². The first-order valence-corrected chi connectivity index (χ1v) is 5.77. The molecule has 1 aromatic rings. The maximum atomic E-state index is 10.6. The van der Waals surface area contributed by atoms with Gasteiger partial charge in [0.1, 0.15) is 5.75 Å². The van der Waals surface area contributed by atoms with E-state index in [1.54, 1.807) is 18.2 Å². The third kappa shape index (κ3) is 4.05. The van der Waals surface area contributed by atoms with Crippen LogP contribution in [0.1, 0.15) is 5.56 Å². The van der Waals surface area contributed by atoms with Crippen molar-refractivity contribution in [2.75, 3.05) is 7.11 Å². The average molecular weight is 252 g/mol. The molecule has 0 aromatic heterocycles. The standard InChI is InChI=1S/C8H10ClNO4S/c1-13-8-4-7(9)3-2-6(8)5-14-15(10,11)12/h2-4H,5H2,1H3,(H2,10,11,12). The first-order chi connectivity index (χ1) is 6.92. The number of ether oxygens (including phenoxy) is 1. The summed E-state index contributed by atoms with van der Waals surface area (Å²) >= 11 is 5.72. The van der Waals surface area contributed by atoms with Crippen LogP contribution in [0.2, 0.25) is 5.02 Å². The lowest BCUT2D eigenvalue weighted by Gasteiger charge is -2.07. The molecule has 0 aliphatic carbocycles. The van der Waals surface area contributed by atoms with Crippen molar-refractivity contribution >= 4 is 21.9 Å². The van der Waals surface area contributed by atoms with E-state index in [0.29, 0.717) is 16.3 Å². The Morgan fingerprint density at radius 3 is 2.67 bits per heavy atom. The second kappa shape index (κ2) is 4.80. The predicted octanol–water partition coefficient (Wildman–Crippen LogP) is 1.07. The topological polar surface area (TPSA) is 78.6 Å². The molecule has 15 heavy (non-hydrogen) atoms. The van der Waals surface area contributed by atoms with Gasteiger partial charge in [-0.2, -0.15) is 8.42 Å². The van der Waals surface area contributed by atoms with E-state index in [4.69, 9.17) is 16.3 Å². The van der Waals surface area contributed by atoms with Gasteiger partial charge in [-0.25, -0.2) is 5.14 Å². The molecule has 1 aromatic carbocycles. The third-order valence-electron chi connectivity index (χ3n) is 1.63. The molecule has 0 unspecified atom stereocenters. The van der Waals surface area contributed by atoms with E-state index in [2.05, 4.69) is 9.32 Å². The first kappa shape index (κ1) is 12.3. The van der Waals surface area contributed by atoms with E-state index in [-0.39, 0.29) is 6.61 Å². The predicted molar refractivity (Wildman–Crippen MR) is 55.9 cm³/mol. The Morgan fingerprint density at radius 2 is 2.13 bits per heavy atom. The van der Waals surface area contributed by atoms with Gasteiger partial charge in [-0.1, -0.05) is 17.7 Å². The van der Waals surface area contributed by atoms with Gasteiger partial charge >= 0.3 is 10.3 Å². The minimum Gasteiger partial charge on any atom is -0.496 e. The average Bonchev–Trinajstić information content (AvgIpc) is 2.14. The number of halogens is 1. The van der Waals surface area contributed by atoms with Crippen LogP contribution in [0, 0.1) is 0 Å². The zero-order valence-electron chi connectivity index (χ0n) is 7.94. The van der Waals surface area contributed by atoms with Crippen molar-refractivity contribution in [2.24, 2.45) is 5.14 Å². The molecule has 0 aliphatic heterocycles. The molecular weight excluding hydrogens is 242 g/mol. The molecule has 0 aliphatic rings. The molecule has 7 heteroatoms. The van der Waals surface area contributed by atoms with Crippen LogP contribution in [0.15, 0.2) is 18.2 Å². The minimum absolute atomic E-state index is 0.181. The molecule has 2 N–H and O–H groups in total. The van der Waals surface area contributed by atoms with Gasteiger partial charge < -0.3 is 4.74 Å². The number of hydrogen-bond acceptors (Lipinski definition) is 4. The monoisotopic (exact) mass is 251 g/mol.